The summed E-state index contributed by atoms with van der Waals surface area (Å²) in [5.74, 6) is -2.03. The van der Waals surface area contributed by atoms with Crippen LogP contribution in [0.3, 0.4) is 0 Å². The van der Waals surface area contributed by atoms with Crippen molar-refractivity contribution in [3.05, 3.63) is 98.6 Å². The molecule has 0 bridgehead atoms. The van der Waals surface area contributed by atoms with Gasteiger partial charge in [0.05, 0.1) is 22.4 Å². The Balaban J connectivity index is 1.52. The third-order valence-electron chi connectivity index (χ3n) is 4.64. The first kappa shape index (κ1) is 20.0. The number of imide groups is 1. The van der Waals surface area contributed by atoms with E-state index in [2.05, 4.69) is 22.6 Å². The van der Waals surface area contributed by atoms with Gasteiger partial charge in [-0.1, -0.05) is 30.3 Å². The molecule has 4 rings (SSSR count). The topological polar surface area (TPSA) is 80.8 Å². The van der Waals surface area contributed by atoms with Crippen LogP contribution in [0.2, 0.25) is 0 Å². The Kier molecular flexibility index (Phi) is 5.45. The highest BCUT2D eigenvalue weighted by molar-refractivity contribution is 14.1. The largest absolute Gasteiger partial charge is 0.454 e. The molecule has 1 aliphatic heterocycles. The minimum Gasteiger partial charge on any atom is -0.454 e. The number of halogens is 1. The van der Waals surface area contributed by atoms with Crippen molar-refractivity contribution in [3.63, 3.8) is 0 Å². The molecule has 0 aromatic heterocycles. The van der Waals surface area contributed by atoms with Crippen LogP contribution < -0.4 is 4.90 Å². The van der Waals surface area contributed by atoms with E-state index in [1.807, 2.05) is 0 Å². The Morgan fingerprint density at radius 2 is 1.47 bits per heavy atom. The number of hydrogen-bond acceptors (Lipinski definition) is 5. The average molecular weight is 511 g/mol. The normalized spacial score (nSPS) is 12.6. The number of ether oxygens (including phenoxy) is 1. The molecule has 0 unspecified atom stereocenters. The maximum atomic E-state index is 12.8. The molecule has 0 saturated carbocycles. The summed E-state index contributed by atoms with van der Waals surface area (Å²) in [5, 5.41) is 0. The number of hydrogen-bond donors (Lipinski definition) is 0. The molecular formula is C23H14INO5. The van der Waals surface area contributed by atoms with E-state index in [-0.39, 0.29) is 22.5 Å². The van der Waals surface area contributed by atoms with Crippen molar-refractivity contribution in [1.29, 1.82) is 0 Å². The van der Waals surface area contributed by atoms with E-state index in [0.29, 0.717) is 11.3 Å². The number of anilines is 1. The molecule has 0 spiro atoms. The van der Waals surface area contributed by atoms with Gasteiger partial charge in [0.15, 0.2) is 12.4 Å². The summed E-state index contributed by atoms with van der Waals surface area (Å²) >= 11 is 2.13. The number of carbonyl (C=O) groups excluding carboxylic acids is 4. The van der Waals surface area contributed by atoms with Crippen molar-refractivity contribution in [2.24, 2.45) is 0 Å². The smallest absolute Gasteiger partial charge is 0.338 e. The van der Waals surface area contributed by atoms with E-state index < -0.39 is 24.4 Å². The van der Waals surface area contributed by atoms with Gasteiger partial charge in [-0.2, -0.15) is 0 Å². The number of Topliss-reactive ketones (excluding diaryl/α,β-unsaturated/α-hetero) is 1. The van der Waals surface area contributed by atoms with E-state index in [9.17, 15) is 19.2 Å². The summed E-state index contributed by atoms with van der Waals surface area (Å²) in [4.78, 5) is 51.1. The molecule has 3 aromatic rings. The molecule has 0 N–H and O–H groups in total. The van der Waals surface area contributed by atoms with E-state index in [1.54, 1.807) is 54.6 Å². The predicted octanol–water partition coefficient (Wildman–Crippen LogP) is 4.13. The van der Waals surface area contributed by atoms with Crippen molar-refractivity contribution < 1.29 is 23.9 Å². The predicted molar refractivity (Wildman–Crippen MR) is 118 cm³/mol. The number of esters is 1. The Morgan fingerprint density at radius 1 is 0.800 bits per heavy atom. The van der Waals surface area contributed by atoms with Gasteiger partial charge in [0, 0.05) is 9.13 Å². The first-order valence-corrected chi connectivity index (χ1v) is 10.1. The zero-order chi connectivity index (χ0) is 21.3. The van der Waals surface area contributed by atoms with Crippen LogP contribution in [0.15, 0.2) is 72.8 Å². The average Bonchev–Trinajstić information content (AvgIpc) is 3.02. The molecule has 3 aromatic carbocycles. The van der Waals surface area contributed by atoms with Gasteiger partial charge in [-0.25, -0.2) is 9.69 Å². The van der Waals surface area contributed by atoms with Gasteiger partial charge >= 0.3 is 5.97 Å². The number of carbonyl (C=O) groups is 4. The minimum absolute atomic E-state index is 0.0974. The zero-order valence-electron chi connectivity index (χ0n) is 15.5. The van der Waals surface area contributed by atoms with Crippen LogP contribution in [0.25, 0.3) is 0 Å². The lowest BCUT2D eigenvalue weighted by Crippen LogP contribution is -2.29. The van der Waals surface area contributed by atoms with Gasteiger partial charge in [-0.15, -0.1) is 0 Å². The Hall–Kier alpha value is -3.33. The lowest BCUT2D eigenvalue weighted by Gasteiger charge is -2.13. The Morgan fingerprint density at radius 3 is 2.17 bits per heavy atom. The van der Waals surface area contributed by atoms with E-state index >= 15 is 0 Å². The second kappa shape index (κ2) is 8.19. The highest BCUT2D eigenvalue weighted by Crippen LogP contribution is 2.29. The number of fused-ring (bicyclic) bond motifs is 1. The van der Waals surface area contributed by atoms with Gasteiger partial charge in [-0.3, -0.25) is 14.4 Å². The maximum Gasteiger partial charge on any atom is 0.338 e. The van der Waals surface area contributed by atoms with Crippen molar-refractivity contribution in [2.75, 3.05) is 11.5 Å². The van der Waals surface area contributed by atoms with Gasteiger partial charge in [0.25, 0.3) is 11.8 Å². The molecule has 6 nitrogen and oxygen atoms in total. The lowest BCUT2D eigenvalue weighted by molar-refractivity contribution is 0.0474. The van der Waals surface area contributed by atoms with Gasteiger partial charge in [0.1, 0.15) is 0 Å². The molecular weight excluding hydrogens is 497 g/mol. The molecule has 0 aliphatic carbocycles. The van der Waals surface area contributed by atoms with E-state index in [0.717, 1.165) is 8.47 Å². The summed E-state index contributed by atoms with van der Waals surface area (Å²) in [6, 6.07) is 19.6. The molecule has 2 amide bonds. The van der Waals surface area contributed by atoms with Crippen LogP contribution in [-0.2, 0) is 4.74 Å². The van der Waals surface area contributed by atoms with Gasteiger partial charge in [0.2, 0.25) is 0 Å². The molecule has 30 heavy (non-hydrogen) atoms. The van der Waals surface area contributed by atoms with E-state index in [1.165, 1.54) is 18.2 Å². The fourth-order valence-electron chi connectivity index (χ4n) is 3.11. The molecule has 1 aliphatic rings. The second-order valence-electron chi connectivity index (χ2n) is 6.55. The fourth-order valence-corrected chi connectivity index (χ4v) is 3.47. The van der Waals surface area contributed by atoms with Crippen LogP contribution in [0, 0.1) is 3.57 Å². The second-order valence-corrected chi connectivity index (χ2v) is 7.79. The lowest BCUT2D eigenvalue weighted by atomic mass is 10.1. The molecule has 148 valence electrons. The third-order valence-corrected chi connectivity index (χ3v) is 5.36. The fraction of sp³-hybridized carbons (Fsp3) is 0.0435. The first-order valence-electron chi connectivity index (χ1n) is 8.99. The van der Waals surface area contributed by atoms with Crippen molar-refractivity contribution in [1.82, 2.24) is 0 Å². The van der Waals surface area contributed by atoms with Crippen LogP contribution in [0.4, 0.5) is 5.69 Å². The number of ketones is 1. The Bertz CT molecular complexity index is 1170. The minimum atomic E-state index is -0.741. The van der Waals surface area contributed by atoms with Crippen molar-refractivity contribution in [2.45, 2.75) is 0 Å². The standard InChI is InChI=1S/C23H14INO5/c24-16-7-9-17(10-8-16)25-21(27)18-11-6-15(12-19(18)22(25)28)23(29)30-13-20(26)14-4-2-1-3-5-14/h1-12H,13H2. The quantitative estimate of drug-likeness (QED) is 0.223. The number of benzene rings is 3. The van der Waals surface area contributed by atoms with Crippen LogP contribution in [0.1, 0.15) is 41.4 Å². The SMILES string of the molecule is O=C(COC(=O)c1ccc2c(c1)C(=O)N(c1ccc(I)cc1)C2=O)c1ccccc1. The first-order chi connectivity index (χ1) is 14.5. The van der Waals surface area contributed by atoms with Crippen molar-refractivity contribution >= 4 is 51.8 Å². The van der Waals surface area contributed by atoms with Crippen LogP contribution in [0.5, 0.6) is 0 Å². The summed E-state index contributed by atoms with van der Waals surface area (Å²) in [6.07, 6.45) is 0. The third kappa shape index (κ3) is 3.76. The van der Waals surface area contributed by atoms with Crippen LogP contribution >= 0.6 is 22.6 Å². The summed E-state index contributed by atoms with van der Waals surface area (Å²) in [7, 11) is 0. The maximum absolute atomic E-state index is 12.8. The van der Waals surface area contributed by atoms with Crippen LogP contribution in [-0.4, -0.2) is 30.2 Å². The number of nitrogens with zero attached hydrogens (tertiary/aromatic N) is 1. The molecule has 0 saturated heterocycles. The Labute approximate surface area is 185 Å². The molecule has 0 radical (unpaired) electrons. The number of rotatable bonds is 5. The summed E-state index contributed by atoms with van der Waals surface area (Å²) in [5.41, 5.74) is 1.34. The molecule has 7 heteroatoms. The summed E-state index contributed by atoms with van der Waals surface area (Å²) < 4.78 is 6.07. The summed E-state index contributed by atoms with van der Waals surface area (Å²) in [6.45, 7) is -0.415. The zero-order valence-corrected chi connectivity index (χ0v) is 17.7. The molecule has 1 heterocycles. The highest BCUT2D eigenvalue weighted by Gasteiger charge is 2.37. The van der Waals surface area contributed by atoms with Gasteiger partial charge in [-0.05, 0) is 65.1 Å². The van der Waals surface area contributed by atoms with Crippen molar-refractivity contribution in [3.8, 4) is 0 Å². The monoisotopic (exact) mass is 511 g/mol. The van der Waals surface area contributed by atoms with E-state index in [4.69, 9.17) is 4.74 Å². The highest BCUT2D eigenvalue weighted by atomic mass is 127. The van der Waals surface area contributed by atoms with Gasteiger partial charge < -0.3 is 4.74 Å². The molecule has 0 atom stereocenters. The number of amides is 2. The molecule has 0 fully saturated rings.